The predicted octanol–water partition coefficient (Wildman–Crippen LogP) is 14.4. The molecule has 0 unspecified atom stereocenters. The average Bonchev–Trinajstić information content (AvgIpc) is 3.83. The predicted molar refractivity (Wildman–Crippen MR) is 234 cm³/mol. The molecular formula is C46H91NO3S. The van der Waals surface area contributed by atoms with Gasteiger partial charge in [-0.2, -0.15) is 0 Å². The second-order valence-corrected chi connectivity index (χ2v) is 21.0. The van der Waals surface area contributed by atoms with Gasteiger partial charge in [-0.3, -0.25) is 0 Å². The van der Waals surface area contributed by atoms with Gasteiger partial charge in [0.15, 0.2) is 0 Å². The summed E-state index contributed by atoms with van der Waals surface area (Å²) in [6, 6.07) is 8.91. The van der Waals surface area contributed by atoms with Gasteiger partial charge in [-0.15, -0.1) is 6.58 Å². The van der Waals surface area contributed by atoms with Crippen molar-refractivity contribution in [2.45, 2.75) is 201 Å². The molecule has 0 bridgehead atoms. The molecule has 2 rings (SSSR count). The molecule has 0 saturated heterocycles. The Hall–Kier alpha value is -1.43. The van der Waals surface area contributed by atoms with Gasteiger partial charge in [-0.1, -0.05) is 174 Å². The SMILES string of the molecule is C=CC(C)C.CC.CC(C)(C)C(C)(C)C.CC(C)NS(=O)(=O)C1CC1.CC(C)OCC(C)(C)/C=C/C(C)(C)C.CC(C)c1cccc(C(C)C)c1. The zero-order valence-corrected chi connectivity index (χ0v) is 39.3. The van der Waals surface area contributed by atoms with E-state index < -0.39 is 10.0 Å². The molecule has 0 heterocycles. The van der Waals surface area contributed by atoms with Crippen LogP contribution < -0.4 is 4.72 Å². The zero-order valence-electron chi connectivity index (χ0n) is 38.5. The van der Waals surface area contributed by atoms with Crippen molar-refractivity contribution < 1.29 is 13.2 Å². The quantitative estimate of drug-likeness (QED) is 0.243. The third-order valence-corrected chi connectivity index (χ3v) is 10.3. The molecule has 4 nitrogen and oxygen atoms in total. The first-order valence-corrected chi connectivity index (χ1v) is 21.4. The summed E-state index contributed by atoms with van der Waals surface area (Å²) in [5, 5.41) is -0.0881. The third-order valence-electron chi connectivity index (χ3n) is 8.15. The lowest BCUT2D eigenvalue weighted by molar-refractivity contribution is 0.0379. The van der Waals surface area contributed by atoms with Crippen molar-refractivity contribution in [2.24, 2.45) is 27.6 Å². The minimum Gasteiger partial charge on any atom is -0.378 e. The van der Waals surface area contributed by atoms with E-state index in [1.54, 1.807) is 0 Å². The van der Waals surface area contributed by atoms with Crippen LogP contribution in [0.5, 0.6) is 0 Å². The van der Waals surface area contributed by atoms with Gasteiger partial charge in [0.25, 0.3) is 0 Å². The maximum Gasteiger partial charge on any atom is 0.214 e. The molecule has 304 valence electrons. The molecular weight excluding hydrogens is 647 g/mol. The smallest absolute Gasteiger partial charge is 0.214 e. The number of allylic oxidation sites excluding steroid dienone is 2. The Kier molecular flexibility index (Phi) is 29.1. The second-order valence-electron chi connectivity index (χ2n) is 19.0. The van der Waals surface area contributed by atoms with Crippen molar-refractivity contribution in [1.82, 2.24) is 4.72 Å². The van der Waals surface area contributed by atoms with Crippen LogP contribution in [0.4, 0.5) is 0 Å². The van der Waals surface area contributed by atoms with Crippen LogP contribution in [0.2, 0.25) is 0 Å². The molecule has 0 atom stereocenters. The molecule has 0 aromatic heterocycles. The Labute approximate surface area is 322 Å². The van der Waals surface area contributed by atoms with Crippen LogP contribution in [0.3, 0.4) is 0 Å². The van der Waals surface area contributed by atoms with Crippen molar-refractivity contribution in [1.29, 1.82) is 0 Å². The Morgan fingerprint density at radius 1 is 0.745 bits per heavy atom. The molecule has 1 aromatic carbocycles. The summed E-state index contributed by atoms with van der Waals surface area (Å²) >= 11 is 0. The van der Waals surface area contributed by atoms with Gasteiger partial charge in [0.1, 0.15) is 0 Å². The van der Waals surface area contributed by atoms with Crippen molar-refractivity contribution in [3.63, 3.8) is 0 Å². The molecule has 0 aliphatic heterocycles. The average molecular weight is 738 g/mol. The topological polar surface area (TPSA) is 55.4 Å². The van der Waals surface area contributed by atoms with E-state index in [9.17, 15) is 8.42 Å². The number of ether oxygens (including phenoxy) is 1. The van der Waals surface area contributed by atoms with Gasteiger partial charge >= 0.3 is 0 Å². The first kappa shape index (κ1) is 56.3. The molecule has 1 aliphatic rings. The highest BCUT2D eigenvalue weighted by molar-refractivity contribution is 7.90. The van der Waals surface area contributed by atoms with E-state index in [2.05, 4.69) is 179 Å². The molecule has 1 fully saturated rings. The molecule has 1 aromatic rings. The lowest BCUT2D eigenvalue weighted by Gasteiger charge is -2.34. The molecule has 51 heavy (non-hydrogen) atoms. The number of rotatable bonds is 10. The molecule has 0 spiro atoms. The third kappa shape index (κ3) is 35.4. The fourth-order valence-electron chi connectivity index (χ4n) is 2.99. The standard InChI is InChI=1S/C13H26O.C12H18.C8H18.C6H13NO2S.C5H10.C2H6/c1-11(2)14-10-13(6,7)9-8-12(3,4)5;1-9(2)11-6-5-7-12(8-11)10(3)4;1-7(2,3)8(4,5)6;1-5(2)7-10(8,9)6-3-4-6;1-4-5(2)3;1-2/h8-9,11H,10H2,1-7H3;5-10H,1-4H3;1-6H3;5-7H,3-4H2,1-2H3;4-5H,1H2,2-3H3;1-2H3/b9-8+;;;;;. The summed E-state index contributed by atoms with van der Waals surface area (Å²) in [7, 11) is -2.94. The van der Waals surface area contributed by atoms with E-state index in [1.165, 1.54) is 11.1 Å². The summed E-state index contributed by atoms with van der Waals surface area (Å²) < 4.78 is 30.4. The summed E-state index contributed by atoms with van der Waals surface area (Å²) in [6.45, 7) is 54.0. The van der Waals surface area contributed by atoms with Crippen molar-refractivity contribution in [2.75, 3.05) is 6.61 Å². The monoisotopic (exact) mass is 738 g/mol. The Morgan fingerprint density at radius 3 is 1.35 bits per heavy atom. The number of benzene rings is 1. The fourth-order valence-corrected chi connectivity index (χ4v) is 4.59. The lowest BCUT2D eigenvalue weighted by Crippen LogP contribution is -2.32. The van der Waals surface area contributed by atoms with Crippen LogP contribution in [0.25, 0.3) is 0 Å². The molecule has 1 saturated carbocycles. The largest absolute Gasteiger partial charge is 0.378 e. The number of sulfonamides is 1. The minimum absolute atomic E-state index is 0.0330. The van der Waals surface area contributed by atoms with Gasteiger partial charge in [0, 0.05) is 11.5 Å². The minimum atomic E-state index is -2.94. The Morgan fingerprint density at radius 2 is 1.12 bits per heavy atom. The lowest BCUT2D eigenvalue weighted by atomic mass is 9.71. The summed E-state index contributed by atoms with van der Waals surface area (Å²) in [4.78, 5) is 0. The summed E-state index contributed by atoms with van der Waals surface area (Å²) in [6.07, 6.45) is 8.42. The molecule has 1 N–H and O–H groups in total. The van der Waals surface area contributed by atoms with Crippen molar-refractivity contribution in [3.8, 4) is 0 Å². The van der Waals surface area contributed by atoms with E-state index in [-0.39, 0.29) is 22.1 Å². The highest BCUT2D eigenvalue weighted by atomic mass is 32.2. The Balaban J connectivity index is -0.000000276. The normalized spacial score (nSPS) is 13.6. The van der Waals surface area contributed by atoms with Crippen molar-refractivity contribution >= 4 is 10.0 Å². The molecule has 5 heteroatoms. The van der Waals surface area contributed by atoms with Crippen LogP contribution in [0, 0.1) is 27.6 Å². The van der Waals surface area contributed by atoms with Gasteiger partial charge in [-0.25, -0.2) is 13.1 Å². The molecule has 0 radical (unpaired) electrons. The van der Waals surface area contributed by atoms with Crippen LogP contribution in [-0.4, -0.2) is 32.4 Å². The first-order valence-electron chi connectivity index (χ1n) is 19.8. The maximum atomic E-state index is 11.1. The van der Waals surface area contributed by atoms with Gasteiger partial charge in [-0.05, 0) is 85.7 Å². The summed E-state index contributed by atoms with van der Waals surface area (Å²) in [5.74, 6) is 1.93. The number of nitrogens with one attached hydrogen (secondary N) is 1. The van der Waals surface area contributed by atoms with E-state index >= 15 is 0 Å². The van der Waals surface area contributed by atoms with Gasteiger partial charge < -0.3 is 4.74 Å². The summed E-state index contributed by atoms with van der Waals surface area (Å²) in [5.41, 5.74) is 4.16. The highest BCUT2D eigenvalue weighted by Crippen LogP contribution is 2.36. The zero-order chi connectivity index (χ0) is 41.6. The van der Waals surface area contributed by atoms with Crippen LogP contribution in [-0.2, 0) is 14.8 Å². The molecule has 1 aliphatic carbocycles. The Bertz CT molecular complexity index is 1100. The molecule has 0 amide bonds. The fraction of sp³-hybridized carbons (Fsp3) is 0.783. The van der Waals surface area contributed by atoms with E-state index in [0.717, 1.165) is 19.4 Å². The number of hydrogen-bond donors (Lipinski definition) is 1. The van der Waals surface area contributed by atoms with Gasteiger partial charge in [0.05, 0.1) is 18.0 Å². The van der Waals surface area contributed by atoms with Crippen LogP contribution in [0.1, 0.15) is 195 Å². The highest BCUT2D eigenvalue weighted by Gasteiger charge is 2.35. The van der Waals surface area contributed by atoms with Crippen molar-refractivity contribution in [3.05, 3.63) is 60.2 Å². The van der Waals surface area contributed by atoms with Gasteiger partial charge in [0.2, 0.25) is 10.0 Å². The number of hydrogen-bond acceptors (Lipinski definition) is 3. The first-order chi connectivity index (χ1) is 22.8. The van der Waals surface area contributed by atoms with Crippen LogP contribution >= 0.6 is 0 Å². The second kappa shape index (κ2) is 26.4. The van der Waals surface area contributed by atoms with Crippen LogP contribution in [0.15, 0.2) is 49.1 Å². The van der Waals surface area contributed by atoms with E-state index in [4.69, 9.17) is 4.74 Å². The maximum absolute atomic E-state index is 11.1. The van der Waals surface area contributed by atoms with E-state index in [0.29, 0.717) is 34.7 Å². The van der Waals surface area contributed by atoms with E-state index in [1.807, 2.05) is 33.8 Å².